The number of amides is 2. The molecule has 0 aliphatic carbocycles. The van der Waals surface area contributed by atoms with E-state index < -0.39 is 0 Å². The first-order valence-electron chi connectivity index (χ1n) is 7.34. The van der Waals surface area contributed by atoms with E-state index in [0.29, 0.717) is 13.1 Å². The Morgan fingerprint density at radius 3 is 2.59 bits per heavy atom. The van der Waals surface area contributed by atoms with Crippen molar-refractivity contribution >= 4 is 22.5 Å². The van der Waals surface area contributed by atoms with Gasteiger partial charge in [0.15, 0.2) is 5.13 Å². The van der Waals surface area contributed by atoms with Crippen LogP contribution in [0.3, 0.4) is 0 Å². The second-order valence-electron chi connectivity index (χ2n) is 5.24. The molecule has 0 aromatic carbocycles. The Morgan fingerprint density at radius 1 is 1.23 bits per heavy atom. The highest BCUT2D eigenvalue weighted by atomic mass is 32.1. The molecule has 3 rings (SSSR count). The highest BCUT2D eigenvalue weighted by Gasteiger charge is 2.23. The Bertz CT molecular complexity index is 596. The lowest BCUT2D eigenvalue weighted by molar-refractivity contribution is 0.191. The molecule has 1 atom stereocenters. The van der Waals surface area contributed by atoms with E-state index in [1.807, 2.05) is 35.5 Å². The number of carbonyl (C=O) groups excluding carboxylic acids is 1. The molecule has 6 nitrogen and oxygen atoms in total. The highest BCUT2D eigenvalue weighted by Crippen LogP contribution is 2.19. The van der Waals surface area contributed by atoms with E-state index >= 15 is 0 Å². The smallest absolute Gasteiger partial charge is 0.317 e. The molecule has 22 heavy (non-hydrogen) atoms. The van der Waals surface area contributed by atoms with Gasteiger partial charge in [0.1, 0.15) is 0 Å². The summed E-state index contributed by atoms with van der Waals surface area (Å²) in [5.41, 5.74) is 1.06. The number of hydrogen-bond donors (Lipinski definition) is 1. The summed E-state index contributed by atoms with van der Waals surface area (Å²) < 4.78 is 0. The van der Waals surface area contributed by atoms with E-state index in [9.17, 15) is 4.79 Å². The van der Waals surface area contributed by atoms with Crippen LogP contribution in [0.25, 0.3) is 0 Å². The molecule has 0 spiro atoms. The number of anilines is 1. The minimum absolute atomic E-state index is 0.0110. The van der Waals surface area contributed by atoms with Crippen molar-refractivity contribution in [3.05, 3.63) is 41.7 Å². The first-order valence-corrected chi connectivity index (χ1v) is 8.22. The van der Waals surface area contributed by atoms with Crippen LogP contribution in [0.15, 0.2) is 36.1 Å². The van der Waals surface area contributed by atoms with E-state index in [-0.39, 0.29) is 12.1 Å². The zero-order valence-electron chi connectivity index (χ0n) is 12.5. The summed E-state index contributed by atoms with van der Waals surface area (Å²) in [7, 11) is 0. The Kier molecular flexibility index (Phi) is 4.53. The number of carbonyl (C=O) groups is 1. The van der Waals surface area contributed by atoms with Gasteiger partial charge in [-0.2, -0.15) is 0 Å². The number of nitrogens with zero attached hydrogens (tertiary/aromatic N) is 4. The van der Waals surface area contributed by atoms with Crippen LogP contribution < -0.4 is 10.2 Å². The number of hydrogen-bond acceptors (Lipinski definition) is 5. The van der Waals surface area contributed by atoms with Crippen molar-refractivity contribution in [2.24, 2.45) is 0 Å². The van der Waals surface area contributed by atoms with Gasteiger partial charge in [0, 0.05) is 50.1 Å². The molecule has 2 amide bonds. The molecule has 3 heterocycles. The molecule has 1 saturated heterocycles. The van der Waals surface area contributed by atoms with Gasteiger partial charge < -0.3 is 15.1 Å². The normalized spacial score (nSPS) is 16.4. The van der Waals surface area contributed by atoms with Crippen LogP contribution in [0.5, 0.6) is 0 Å². The molecular weight excluding hydrogens is 298 g/mol. The average molecular weight is 317 g/mol. The van der Waals surface area contributed by atoms with Crippen LogP contribution in [0.2, 0.25) is 0 Å². The van der Waals surface area contributed by atoms with E-state index in [1.165, 1.54) is 0 Å². The van der Waals surface area contributed by atoms with Gasteiger partial charge >= 0.3 is 6.03 Å². The molecule has 1 unspecified atom stereocenters. The van der Waals surface area contributed by atoms with Crippen molar-refractivity contribution in [1.29, 1.82) is 0 Å². The lowest BCUT2D eigenvalue weighted by Crippen LogP contribution is -2.52. The summed E-state index contributed by atoms with van der Waals surface area (Å²) in [6.07, 6.45) is 5.30. The molecule has 7 heteroatoms. The minimum Gasteiger partial charge on any atom is -0.345 e. The standard InChI is InChI=1S/C15H19N5OS/c1-12(13-2-4-16-5-3-13)18-14(21)19-7-9-20(10-8-19)15-17-6-11-22-15/h2-6,11-12H,7-10H2,1H3,(H,18,21). The quantitative estimate of drug-likeness (QED) is 0.942. The van der Waals surface area contributed by atoms with Gasteiger partial charge in [-0.05, 0) is 24.6 Å². The first-order chi connectivity index (χ1) is 10.7. The van der Waals surface area contributed by atoms with Gasteiger partial charge in [-0.1, -0.05) is 0 Å². The fourth-order valence-corrected chi connectivity index (χ4v) is 3.18. The van der Waals surface area contributed by atoms with Gasteiger partial charge in [0.25, 0.3) is 0 Å². The summed E-state index contributed by atoms with van der Waals surface area (Å²) in [4.78, 5) is 24.7. The topological polar surface area (TPSA) is 61.4 Å². The number of aromatic nitrogens is 2. The maximum absolute atomic E-state index is 12.3. The lowest BCUT2D eigenvalue weighted by atomic mass is 10.1. The summed E-state index contributed by atoms with van der Waals surface area (Å²) in [5.74, 6) is 0. The number of rotatable bonds is 3. The molecule has 0 saturated carbocycles. The van der Waals surface area contributed by atoms with Crippen molar-refractivity contribution in [1.82, 2.24) is 20.2 Å². The van der Waals surface area contributed by atoms with Crippen LogP contribution in [0.1, 0.15) is 18.5 Å². The molecule has 0 radical (unpaired) electrons. The van der Waals surface area contributed by atoms with E-state index in [0.717, 1.165) is 23.8 Å². The highest BCUT2D eigenvalue weighted by molar-refractivity contribution is 7.13. The Labute approximate surface area is 133 Å². The largest absolute Gasteiger partial charge is 0.345 e. The summed E-state index contributed by atoms with van der Waals surface area (Å²) in [6, 6.07) is 3.81. The maximum atomic E-state index is 12.3. The second kappa shape index (κ2) is 6.74. The van der Waals surface area contributed by atoms with Crippen LogP contribution in [0, 0.1) is 0 Å². The zero-order valence-corrected chi connectivity index (χ0v) is 13.3. The lowest BCUT2D eigenvalue weighted by Gasteiger charge is -2.35. The molecular formula is C15H19N5OS. The third-order valence-corrected chi connectivity index (χ3v) is 4.63. The third kappa shape index (κ3) is 3.36. The van der Waals surface area contributed by atoms with Crippen LogP contribution >= 0.6 is 11.3 Å². The fraction of sp³-hybridized carbons (Fsp3) is 0.400. The van der Waals surface area contributed by atoms with Gasteiger partial charge in [-0.25, -0.2) is 9.78 Å². The number of pyridine rings is 1. The van der Waals surface area contributed by atoms with Crippen molar-refractivity contribution in [2.45, 2.75) is 13.0 Å². The molecule has 1 aliphatic rings. The number of thiazole rings is 1. The van der Waals surface area contributed by atoms with Crippen molar-refractivity contribution in [3.63, 3.8) is 0 Å². The van der Waals surface area contributed by atoms with Gasteiger partial charge in [-0.3, -0.25) is 4.98 Å². The van der Waals surface area contributed by atoms with Crippen LogP contribution in [-0.2, 0) is 0 Å². The first kappa shape index (κ1) is 14.8. The monoisotopic (exact) mass is 317 g/mol. The van der Waals surface area contributed by atoms with Crippen molar-refractivity contribution < 1.29 is 4.79 Å². The molecule has 1 N–H and O–H groups in total. The predicted octanol–water partition coefficient (Wildman–Crippen LogP) is 2.13. The summed E-state index contributed by atoms with van der Waals surface area (Å²) in [5, 5.41) is 6.05. The van der Waals surface area contributed by atoms with E-state index in [1.54, 1.807) is 23.7 Å². The Balaban J connectivity index is 1.52. The SMILES string of the molecule is CC(NC(=O)N1CCN(c2nccs2)CC1)c1ccncc1. The number of piperazine rings is 1. The van der Waals surface area contributed by atoms with Crippen molar-refractivity contribution in [2.75, 3.05) is 31.1 Å². The number of urea groups is 1. The molecule has 1 aliphatic heterocycles. The van der Waals surface area contributed by atoms with Gasteiger partial charge in [-0.15, -0.1) is 11.3 Å². The van der Waals surface area contributed by atoms with E-state index in [2.05, 4.69) is 20.2 Å². The van der Waals surface area contributed by atoms with Crippen LogP contribution in [0.4, 0.5) is 9.93 Å². The minimum atomic E-state index is -0.0208. The van der Waals surface area contributed by atoms with Gasteiger partial charge in [0.2, 0.25) is 0 Å². The second-order valence-corrected chi connectivity index (χ2v) is 6.11. The maximum Gasteiger partial charge on any atom is 0.317 e. The van der Waals surface area contributed by atoms with Crippen molar-refractivity contribution in [3.8, 4) is 0 Å². The fourth-order valence-electron chi connectivity index (χ4n) is 2.48. The average Bonchev–Trinajstić information content (AvgIpc) is 3.10. The van der Waals surface area contributed by atoms with Crippen LogP contribution in [-0.4, -0.2) is 47.1 Å². The summed E-state index contributed by atoms with van der Waals surface area (Å²) >= 11 is 1.64. The molecule has 2 aromatic rings. The third-order valence-electron chi connectivity index (χ3n) is 3.80. The Morgan fingerprint density at radius 2 is 1.95 bits per heavy atom. The summed E-state index contributed by atoms with van der Waals surface area (Å²) in [6.45, 7) is 5.07. The predicted molar refractivity (Wildman–Crippen MR) is 87.1 cm³/mol. The number of nitrogens with one attached hydrogen (secondary N) is 1. The molecule has 0 bridgehead atoms. The van der Waals surface area contributed by atoms with E-state index in [4.69, 9.17) is 0 Å². The zero-order chi connectivity index (χ0) is 15.4. The molecule has 2 aromatic heterocycles. The van der Waals surface area contributed by atoms with Gasteiger partial charge in [0.05, 0.1) is 6.04 Å². The molecule has 116 valence electrons. The Hall–Kier alpha value is -2.15. The molecule has 1 fully saturated rings.